The second-order valence-electron chi connectivity index (χ2n) is 7.96. The van der Waals surface area contributed by atoms with Gasteiger partial charge in [-0.15, -0.1) is 0 Å². The van der Waals surface area contributed by atoms with Crippen molar-refractivity contribution in [1.82, 2.24) is 9.80 Å². The van der Waals surface area contributed by atoms with Crippen LogP contribution in [0.1, 0.15) is 99.3 Å². The van der Waals surface area contributed by atoms with Gasteiger partial charge in [0, 0.05) is 0 Å². The molecule has 1 atom stereocenters. The molecule has 0 aromatic heterocycles. The molecule has 3 amide bonds. The van der Waals surface area contributed by atoms with Crippen LogP contribution in [0.2, 0.25) is 0 Å². The molecule has 1 fully saturated rings. The van der Waals surface area contributed by atoms with Crippen LogP contribution in [-0.4, -0.2) is 38.6 Å². The largest absolute Gasteiger partial charge is 0.330 e. The molecule has 0 spiro atoms. The van der Waals surface area contributed by atoms with Gasteiger partial charge < -0.3 is 11.5 Å². The molecule has 1 unspecified atom stereocenters. The van der Waals surface area contributed by atoms with Crippen LogP contribution in [0.4, 0.5) is 4.79 Å². The number of imide groups is 1. The maximum atomic E-state index is 13.5. The number of unbranched alkanes of at least 4 members (excludes halogenated alkanes) is 3. The molecule has 0 radical (unpaired) electrons. The minimum absolute atomic E-state index is 0.193. The molecule has 0 aromatic rings. The first-order chi connectivity index (χ1) is 12.1. The van der Waals surface area contributed by atoms with E-state index in [1.807, 2.05) is 34.6 Å². The highest BCUT2D eigenvalue weighted by atomic mass is 16.2. The third kappa shape index (κ3) is 3.77. The van der Waals surface area contributed by atoms with E-state index >= 15 is 0 Å². The number of hydrogen-bond donors (Lipinski definition) is 2. The van der Waals surface area contributed by atoms with E-state index in [2.05, 4.69) is 6.92 Å². The first-order valence-corrected chi connectivity index (χ1v) is 10.4. The molecule has 6 nitrogen and oxygen atoms in total. The van der Waals surface area contributed by atoms with Crippen LogP contribution in [0, 0.1) is 0 Å². The molecule has 26 heavy (non-hydrogen) atoms. The Morgan fingerprint density at radius 2 is 1.35 bits per heavy atom. The summed E-state index contributed by atoms with van der Waals surface area (Å²) in [5, 5.41) is 0. The lowest BCUT2D eigenvalue weighted by Crippen LogP contribution is -2.64. The number of rotatable bonds is 11. The van der Waals surface area contributed by atoms with E-state index in [1.54, 1.807) is 4.90 Å². The molecule has 1 saturated heterocycles. The fourth-order valence-corrected chi connectivity index (χ4v) is 4.06. The Labute approximate surface area is 159 Å². The Balaban J connectivity index is 3.37. The van der Waals surface area contributed by atoms with E-state index in [0.717, 1.165) is 25.7 Å². The zero-order valence-corrected chi connectivity index (χ0v) is 17.7. The topological polar surface area (TPSA) is 92.7 Å². The lowest BCUT2D eigenvalue weighted by Gasteiger charge is -2.44. The number of nitrogens with zero attached hydrogens (tertiary/aromatic N) is 2. The molecular formula is C20H40N4O2. The van der Waals surface area contributed by atoms with Crippen LogP contribution >= 0.6 is 0 Å². The van der Waals surface area contributed by atoms with Gasteiger partial charge in [-0.3, -0.25) is 9.69 Å². The monoisotopic (exact) mass is 368 g/mol. The summed E-state index contributed by atoms with van der Waals surface area (Å²) in [6.45, 7) is 11.8. The van der Waals surface area contributed by atoms with Gasteiger partial charge in [-0.05, 0) is 39.0 Å². The lowest BCUT2D eigenvalue weighted by molar-refractivity contribution is -0.138. The highest BCUT2D eigenvalue weighted by molar-refractivity contribution is 6.07. The van der Waals surface area contributed by atoms with E-state index in [1.165, 1.54) is 4.90 Å². The van der Waals surface area contributed by atoms with Crippen LogP contribution in [0.5, 0.6) is 0 Å². The number of nitrogens with two attached hydrogens (primary N) is 2. The summed E-state index contributed by atoms with van der Waals surface area (Å²) in [4.78, 5) is 29.9. The van der Waals surface area contributed by atoms with Crippen molar-refractivity contribution >= 4 is 11.9 Å². The molecule has 1 aliphatic rings. The molecule has 0 bridgehead atoms. The summed E-state index contributed by atoms with van der Waals surface area (Å²) in [5.74, 6) is -0.193. The van der Waals surface area contributed by atoms with Crippen molar-refractivity contribution in [3.05, 3.63) is 0 Å². The maximum absolute atomic E-state index is 13.5. The molecule has 152 valence electrons. The van der Waals surface area contributed by atoms with E-state index in [4.69, 9.17) is 11.5 Å². The fourth-order valence-electron chi connectivity index (χ4n) is 4.06. The maximum Gasteiger partial charge on any atom is 0.330 e. The standard InChI is InChI=1S/C20H40N4O2/c1-7-12-13-14-15-18(6)16(25)23(19(21,8-2)9-3)17(26)24(18)20(22,10-4)11-5/h7-15,21-22H2,1-6H3. The van der Waals surface area contributed by atoms with Crippen molar-refractivity contribution in [3.8, 4) is 0 Å². The van der Waals surface area contributed by atoms with Gasteiger partial charge in [0.05, 0.1) is 5.66 Å². The smallest absolute Gasteiger partial charge is 0.309 e. The molecule has 0 aliphatic carbocycles. The van der Waals surface area contributed by atoms with Crippen LogP contribution in [0.15, 0.2) is 0 Å². The minimum atomic E-state index is -0.962. The summed E-state index contributed by atoms with van der Waals surface area (Å²) in [6, 6.07) is -0.328. The molecule has 0 saturated carbocycles. The van der Waals surface area contributed by atoms with Gasteiger partial charge in [0.2, 0.25) is 0 Å². The Kier molecular flexibility index (Phi) is 7.66. The van der Waals surface area contributed by atoms with Crippen LogP contribution in [0.3, 0.4) is 0 Å². The SMILES string of the molecule is CCCCCCC1(C)C(=O)N(C(N)(CC)CC)C(=O)N1C(N)(CC)CC. The van der Waals surface area contributed by atoms with Crippen molar-refractivity contribution < 1.29 is 9.59 Å². The van der Waals surface area contributed by atoms with Crippen LogP contribution in [-0.2, 0) is 4.79 Å². The van der Waals surface area contributed by atoms with Gasteiger partial charge in [-0.1, -0.05) is 60.3 Å². The van der Waals surface area contributed by atoms with Gasteiger partial charge in [-0.25, -0.2) is 9.69 Å². The Morgan fingerprint density at radius 1 is 0.846 bits per heavy atom. The van der Waals surface area contributed by atoms with Crippen molar-refractivity contribution in [1.29, 1.82) is 0 Å². The van der Waals surface area contributed by atoms with Gasteiger partial charge >= 0.3 is 6.03 Å². The van der Waals surface area contributed by atoms with Gasteiger partial charge in [0.15, 0.2) is 0 Å². The van der Waals surface area contributed by atoms with Gasteiger partial charge in [0.1, 0.15) is 11.2 Å². The van der Waals surface area contributed by atoms with E-state index in [9.17, 15) is 9.59 Å². The summed E-state index contributed by atoms with van der Waals surface area (Å²) in [7, 11) is 0. The fraction of sp³-hybridized carbons (Fsp3) is 0.900. The summed E-state index contributed by atoms with van der Waals surface area (Å²) in [5.41, 5.74) is 10.4. The van der Waals surface area contributed by atoms with E-state index < -0.39 is 16.9 Å². The van der Waals surface area contributed by atoms with Crippen LogP contribution in [0.25, 0.3) is 0 Å². The zero-order chi connectivity index (χ0) is 20.2. The zero-order valence-electron chi connectivity index (χ0n) is 17.7. The van der Waals surface area contributed by atoms with Crippen molar-refractivity contribution in [2.24, 2.45) is 11.5 Å². The van der Waals surface area contributed by atoms with Crippen LogP contribution < -0.4 is 11.5 Å². The van der Waals surface area contributed by atoms with E-state index in [0.29, 0.717) is 32.1 Å². The Morgan fingerprint density at radius 3 is 1.77 bits per heavy atom. The summed E-state index contributed by atoms with van der Waals surface area (Å²) < 4.78 is 0. The Bertz CT molecular complexity index is 500. The van der Waals surface area contributed by atoms with Crippen molar-refractivity contribution in [3.63, 3.8) is 0 Å². The lowest BCUT2D eigenvalue weighted by atomic mass is 9.87. The summed E-state index contributed by atoms with van der Waals surface area (Å²) >= 11 is 0. The molecule has 6 heteroatoms. The van der Waals surface area contributed by atoms with Crippen molar-refractivity contribution in [2.45, 2.75) is 116 Å². The highest BCUT2D eigenvalue weighted by Crippen LogP contribution is 2.42. The average Bonchev–Trinajstić information content (AvgIpc) is 2.84. The molecule has 4 N–H and O–H groups in total. The number of carbonyl (C=O) groups excluding carboxylic acids is 2. The van der Waals surface area contributed by atoms with Gasteiger partial charge in [-0.2, -0.15) is 0 Å². The molecule has 1 heterocycles. The molecule has 0 aromatic carbocycles. The highest BCUT2D eigenvalue weighted by Gasteiger charge is 2.62. The molecule has 1 aliphatic heterocycles. The third-order valence-corrected chi connectivity index (χ3v) is 6.40. The summed E-state index contributed by atoms with van der Waals surface area (Å²) in [6.07, 6.45) is 7.06. The number of hydrogen-bond acceptors (Lipinski definition) is 4. The second-order valence-corrected chi connectivity index (χ2v) is 7.96. The second kappa shape index (κ2) is 8.70. The predicted octanol–water partition coefficient (Wildman–Crippen LogP) is 3.93. The predicted molar refractivity (Wildman–Crippen MR) is 106 cm³/mol. The normalized spacial score (nSPS) is 21.8. The number of urea groups is 1. The molecule has 1 rings (SSSR count). The third-order valence-electron chi connectivity index (χ3n) is 6.40. The average molecular weight is 369 g/mol. The molecular weight excluding hydrogens is 328 g/mol. The minimum Gasteiger partial charge on any atom is -0.309 e. The first kappa shape index (κ1) is 22.9. The van der Waals surface area contributed by atoms with E-state index in [-0.39, 0.29) is 11.9 Å². The number of amides is 3. The number of carbonyl (C=O) groups is 2. The quantitative estimate of drug-likeness (QED) is 0.427. The Hall–Kier alpha value is -1.14. The van der Waals surface area contributed by atoms with Gasteiger partial charge in [0.25, 0.3) is 5.91 Å². The first-order valence-electron chi connectivity index (χ1n) is 10.4. The van der Waals surface area contributed by atoms with Crippen molar-refractivity contribution in [2.75, 3.05) is 0 Å².